The van der Waals surface area contributed by atoms with E-state index < -0.39 is 20.8 Å². The van der Waals surface area contributed by atoms with Crippen LogP contribution in [0.25, 0.3) is 0 Å². The predicted octanol–water partition coefficient (Wildman–Crippen LogP) is -1.32. The third kappa shape index (κ3) is 29.4. The van der Waals surface area contributed by atoms with Gasteiger partial charge in [0.1, 0.15) is 12.4 Å². The Morgan fingerprint density at radius 3 is 1.67 bits per heavy atom. The summed E-state index contributed by atoms with van der Waals surface area (Å²) in [5.74, 6) is 0. The van der Waals surface area contributed by atoms with Gasteiger partial charge in [-0.3, -0.25) is 13.7 Å². The lowest BCUT2D eigenvalue weighted by molar-refractivity contribution is -0.671. The second-order valence-electron chi connectivity index (χ2n) is 2.79. The largest absolute Gasteiger partial charge is 0.726 e. The second kappa shape index (κ2) is 8.12. The fourth-order valence-electron chi connectivity index (χ4n) is 0.689. The molecule has 0 radical (unpaired) electrons. The van der Waals surface area contributed by atoms with Gasteiger partial charge >= 0.3 is 10.4 Å². The lowest BCUT2D eigenvalue weighted by atomic mass is 10.7. The number of hydrogen-bond donors (Lipinski definition) is 3. The van der Waals surface area contributed by atoms with Crippen LogP contribution in [0.4, 0.5) is 0 Å². The fraction of sp³-hybridized carbons (Fsp3) is 0.500. The Labute approximate surface area is 105 Å². The summed E-state index contributed by atoms with van der Waals surface area (Å²) in [6, 6.07) is 0. The minimum absolute atomic E-state index is 1.06. The molecule has 0 spiro atoms. The number of hydrogen-bond acceptors (Lipinski definition) is 5. The molecular weight excluding hydrogens is 292 g/mol. The van der Waals surface area contributed by atoms with Crippen molar-refractivity contribution in [2.75, 3.05) is 0 Å². The molecular formula is C6H14N2O8S2. The zero-order chi connectivity index (χ0) is 15.0. The number of nitrogens with zero attached hydrogens (tertiary/aromatic N) is 2. The highest BCUT2D eigenvalue weighted by molar-refractivity contribution is 7.80. The fourth-order valence-corrected chi connectivity index (χ4v) is 0.689. The van der Waals surface area contributed by atoms with Crippen molar-refractivity contribution in [1.29, 1.82) is 0 Å². The van der Waals surface area contributed by atoms with Gasteiger partial charge in [0, 0.05) is 0 Å². The third-order valence-electron chi connectivity index (χ3n) is 1.19. The molecule has 0 atom stereocenters. The second-order valence-corrected chi connectivity index (χ2v) is 4.54. The van der Waals surface area contributed by atoms with Crippen molar-refractivity contribution in [1.82, 2.24) is 4.57 Å². The van der Waals surface area contributed by atoms with Gasteiger partial charge in [-0.2, -0.15) is 8.42 Å². The molecule has 1 rings (SSSR count). The summed E-state index contributed by atoms with van der Waals surface area (Å²) in [5, 5.41) is 0. The molecule has 3 N–H and O–H groups in total. The molecule has 0 aliphatic rings. The molecule has 0 fully saturated rings. The van der Waals surface area contributed by atoms with E-state index in [-0.39, 0.29) is 0 Å². The molecule has 0 aliphatic heterocycles. The summed E-state index contributed by atoms with van der Waals surface area (Å²) in [4.78, 5) is 0. The van der Waals surface area contributed by atoms with E-state index in [1.165, 1.54) is 0 Å². The summed E-state index contributed by atoms with van der Waals surface area (Å²) in [7, 11) is -7.56. The molecule has 0 saturated carbocycles. The Kier molecular flexibility index (Phi) is 8.71. The maximum atomic E-state index is 8.74. The van der Waals surface area contributed by atoms with Crippen LogP contribution in [0.3, 0.4) is 0 Å². The van der Waals surface area contributed by atoms with Crippen molar-refractivity contribution in [3.05, 3.63) is 18.7 Å². The van der Waals surface area contributed by atoms with Gasteiger partial charge < -0.3 is 4.55 Å². The summed E-state index contributed by atoms with van der Waals surface area (Å²) in [6.45, 7) is 3.18. The van der Waals surface area contributed by atoms with E-state index in [2.05, 4.69) is 24.0 Å². The summed E-state index contributed by atoms with van der Waals surface area (Å²) >= 11 is 0. The molecule has 0 bridgehead atoms. The average Bonchev–Trinajstić information content (AvgIpc) is 2.44. The molecule has 18 heavy (non-hydrogen) atoms. The molecule has 10 nitrogen and oxygen atoms in total. The maximum Gasteiger partial charge on any atom is 0.394 e. The van der Waals surface area contributed by atoms with Crippen LogP contribution in [0.1, 0.15) is 6.92 Å². The van der Waals surface area contributed by atoms with Crippen LogP contribution in [-0.4, -0.2) is 39.6 Å². The standard InChI is InChI=1S/C6H11N2.2H2O4S/c1-3-8-5-4-7(2)6-8;2*1-5(2,3)4/h4-6H,3H2,1-2H3;2*(H2,1,2,3,4)/q+1;;/p-1. The molecule has 0 aromatic carbocycles. The summed E-state index contributed by atoms with van der Waals surface area (Å²) < 4.78 is 68.6. The number of imidazole rings is 1. The predicted molar refractivity (Wildman–Crippen MR) is 57.8 cm³/mol. The van der Waals surface area contributed by atoms with Gasteiger partial charge in [0.15, 0.2) is 0 Å². The molecule has 0 aliphatic carbocycles. The third-order valence-corrected chi connectivity index (χ3v) is 1.19. The van der Waals surface area contributed by atoms with Crippen LogP contribution in [0.5, 0.6) is 0 Å². The van der Waals surface area contributed by atoms with Crippen LogP contribution in [0.2, 0.25) is 0 Å². The molecule has 12 heteroatoms. The normalized spacial score (nSPS) is 10.8. The van der Waals surface area contributed by atoms with Crippen molar-refractivity contribution >= 4 is 20.8 Å². The molecule has 0 unspecified atom stereocenters. The summed E-state index contributed by atoms with van der Waals surface area (Å²) in [6.07, 6.45) is 6.14. The first-order valence-electron chi connectivity index (χ1n) is 4.22. The first-order valence-corrected chi connectivity index (χ1v) is 6.98. The first-order chi connectivity index (χ1) is 7.83. The smallest absolute Gasteiger partial charge is 0.394 e. The van der Waals surface area contributed by atoms with Crippen LogP contribution >= 0.6 is 0 Å². The molecule has 0 saturated heterocycles. The van der Waals surface area contributed by atoms with Crippen LogP contribution < -0.4 is 4.57 Å². The number of aryl methyl sites for hydroxylation is 2. The number of rotatable bonds is 1. The quantitative estimate of drug-likeness (QED) is 0.327. The average molecular weight is 306 g/mol. The van der Waals surface area contributed by atoms with Gasteiger partial charge in [-0.05, 0) is 6.92 Å². The zero-order valence-corrected chi connectivity index (χ0v) is 11.2. The van der Waals surface area contributed by atoms with Gasteiger partial charge in [0.05, 0.1) is 13.6 Å². The minimum atomic E-state index is -4.92. The van der Waals surface area contributed by atoms with Crippen molar-refractivity contribution in [3.63, 3.8) is 0 Å². The Morgan fingerprint density at radius 2 is 1.56 bits per heavy atom. The molecule has 1 aromatic rings. The molecule has 1 heterocycles. The van der Waals surface area contributed by atoms with E-state index in [4.69, 9.17) is 35.0 Å². The Balaban J connectivity index is 0. The van der Waals surface area contributed by atoms with Gasteiger partial charge in [0.2, 0.25) is 16.7 Å². The number of aromatic nitrogens is 2. The van der Waals surface area contributed by atoms with E-state index >= 15 is 0 Å². The van der Waals surface area contributed by atoms with Crippen molar-refractivity contribution in [2.45, 2.75) is 13.5 Å². The lowest BCUT2D eigenvalue weighted by Gasteiger charge is -1.88. The van der Waals surface area contributed by atoms with E-state index in [0.717, 1.165) is 6.54 Å². The van der Waals surface area contributed by atoms with E-state index in [1.807, 2.05) is 17.8 Å². The highest BCUT2D eigenvalue weighted by atomic mass is 32.3. The monoisotopic (exact) mass is 306 g/mol. The Bertz CT molecular complexity index is 486. The van der Waals surface area contributed by atoms with Gasteiger partial charge in [-0.1, -0.05) is 0 Å². The van der Waals surface area contributed by atoms with E-state index in [9.17, 15) is 0 Å². The Morgan fingerprint density at radius 1 is 1.22 bits per heavy atom. The molecule has 108 valence electrons. The van der Waals surface area contributed by atoms with Gasteiger partial charge in [-0.25, -0.2) is 17.6 Å². The van der Waals surface area contributed by atoms with E-state index in [1.54, 1.807) is 0 Å². The van der Waals surface area contributed by atoms with Crippen LogP contribution in [-0.2, 0) is 34.4 Å². The SMILES string of the molecule is CCn1cc[n+](C)c1.O=S(=O)(O)O.O=S(=O)([O-])O. The van der Waals surface area contributed by atoms with Crippen molar-refractivity contribution < 1.29 is 39.6 Å². The molecule has 0 amide bonds. The maximum absolute atomic E-state index is 8.74. The topological polar surface area (TPSA) is 161 Å². The van der Waals surface area contributed by atoms with Gasteiger partial charge in [-0.15, -0.1) is 0 Å². The van der Waals surface area contributed by atoms with Crippen LogP contribution in [0.15, 0.2) is 18.7 Å². The molecule has 1 aromatic heterocycles. The van der Waals surface area contributed by atoms with Crippen LogP contribution in [0, 0.1) is 0 Å². The minimum Gasteiger partial charge on any atom is -0.726 e. The highest BCUT2D eigenvalue weighted by Gasteiger charge is 1.92. The zero-order valence-electron chi connectivity index (χ0n) is 9.53. The Hall–Kier alpha value is -1.05. The lowest BCUT2D eigenvalue weighted by Crippen LogP contribution is -2.23. The summed E-state index contributed by atoms with van der Waals surface area (Å²) in [5.41, 5.74) is 0. The van der Waals surface area contributed by atoms with Crippen molar-refractivity contribution in [3.8, 4) is 0 Å². The first kappa shape index (κ1) is 19.3. The van der Waals surface area contributed by atoms with E-state index in [0.29, 0.717) is 0 Å². The van der Waals surface area contributed by atoms with Crippen molar-refractivity contribution in [2.24, 2.45) is 7.05 Å². The van der Waals surface area contributed by atoms with Gasteiger partial charge in [0.25, 0.3) is 0 Å². The highest BCUT2D eigenvalue weighted by Crippen LogP contribution is 1.79.